The van der Waals surface area contributed by atoms with Crippen LogP contribution in [0.1, 0.15) is 54.8 Å². The molecule has 192 valence electrons. The van der Waals surface area contributed by atoms with E-state index in [4.69, 9.17) is 9.40 Å². The van der Waals surface area contributed by atoms with Crippen molar-refractivity contribution in [2.75, 3.05) is 41.4 Å². The molecule has 2 aliphatic heterocycles. The molecule has 1 amide bonds. The van der Waals surface area contributed by atoms with E-state index < -0.39 is 0 Å². The zero-order valence-electron chi connectivity index (χ0n) is 18.6. The maximum absolute atomic E-state index is 12.1. The molecule has 2 saturated heterocycles. The first-order valence-corrected chi connectivity index (χ1v) is 9.65. The van der Waals surface area contributed by atoms with Crippen molar-refractivity contribution in [2.24, 2.45) is 0 Å². The Bertz CT molecular complexity index is 748. The van der Waals surface area contributed by atoms with Crippen LogP contribution in [0.25, 0.3) is 0 Å². The normalized spacial score (nSPS) is 14.9. The molecule has 0 atom stereocenters. The lowest BCUT2D eigenvalue weighted by molar-refractivity contribution is 0.0935. The lowest BCUT2D eigenvalue weighted by Gasteiger charge is -2.30. The highest BCUT2D eigenvalue weighted by atomic mass is 35.5. The van der Waals surface area contributed by atoms with E-state index in [0.29, 0.717) is 17.8 Å². The van der Waals surface area contributed by atoms with Crippen molar-refractivity contribution < 1.29 is 14.9 Å². The number of amides is 1. The van der Waals surface area contributed by atoms with Crippen molar-refractivity contribution in [3.8, 4) is 0 Å². The smallest absolute Gasteiger partial charge is 0.305 e. The molecule has 0 aliphatic carbocycles. The van der Waals surface area contributed by atoms with Gasteiger partial charge in [0.2, 0.25) is 17.8 Å². The first-order chi connectivity index (χ1) is 13.3. The second-order valence-electron chi connectivity index (χ2n) is 6.91. The van der Waals surface area contributed by atoms with Gasteiger partial charge in [0.05, 0.1) is 6.26 Å². The summed E-state index contributed by atoms with van der Waals surface area (Å²) in [7, 11) is 0. The lowest BCUT2D eigenvalue weighted by atomic mass is 10.1. The first kappa shape index (κ1) is 31.5. The summed E-state index contributed by atoms with van der Waals surface area (Å²) in [5.74, 6) is 1.52. The summed E-state index contributed by atoms with van der Waals surface area (Å²) in [5, 5.41) is 0. The van der Waals surface area contributed by atoms with Gasteiger partial charge in [0.15, 0.2) is 5.76 Å². The third-order valence-corrected chi connectivity index (χ3v) is 4.92. The quantitative estimate of drug-likeness (QED) is 0.326. The molecular formula is C18H46ClN11O2. The van der Waals surface area contributed by atoms with Gasteiger partial charge in [-0.2, -0.15) is 15.0 Å². The van der Waals surface area contributed by atoms with Crippen LogP contribution < -0.4 is 45.3 Å². The summed E-state index contributed by atoms with van der Waals surface area (Å²) in [6, 6.07) is 3.27. The average Bonchev–Trinajstić information content (AvgIpc) is 3.28. The fourth-order valence-electron chi connectivity index (χ4n) is 3.46. The molecule has 2 aliphatic rings. The number of halogens is 1. The molecule has 14 heteroatoms. The number of nitrogens with zero attached hydrogens (tertiary/aromatic N) is 5. The molecule has 4 heterocycles. The molecule has 2 fully saturated rings. The number of piperidine rings is 2. The zero-order valence-corrected chi connectivity index (χ0v) is 19.4. The fraction of sp³-hybridized carbons (Fsp3) is 0.556. The Kier molecular flexibility index (Phi) is 14.9. The molecular weight excluding hydrogens is 438 g/mol. The first-order valence-electron chi connectivity index (χ1n) is 9.65. The molecule has 0 bridgehead atoms. The van der Waals surface area contributed by atoms with Gasteiger partial charge in [-0.25, -0.2) is 0 Å². The summed E-state index contributed by atoms with van der Waals surface area (Å²) in [6.45, 7) is 3.78. The molecule has 13 nitrogen and oxygen atoms in total. The number of hydrogen-bond acceptors (Lipinski definition) is 12. The van der Waals surface area contributed by atoms with Crippen LogP contribution in [0.15, 0.2) is 22.8 Å². The van der Waals surface area contributed by atoms with Gasteiger partial charge in [-0.1, -0.05) is 0 Å². The highest BCUT2D eigenvalue weighted by Gasteiger charge is 2.20. The maximum Gasteiger partial charge on any atom is 0.305 e. The summed E-state index contributed by atoms with van der Waals surface area (Å²) in [6.07, 6.45) is 8.51. The van der Waals surface area contributed by atoms with Gasteiger partial charge in [0.1, 0.15) is 0 Å². The van der Waals surface area contributed by atoms with Gasteiger partial charge in [0.25, 0.3) is 0 Å². The van der Waals surface area contributed by atoms with Crippen molar-refractivity contribution in [1.29, 1.82) is 0 Å². The van der Waals surface area contributed by atoms with E-state index in [1.165, 1.54) is 19.1 Å². The van der Waals surface area contributed by atoms with E-state index in [0.717, 1.165) is 51.9 Å². The predicted molar refractivity (Wildman–Crippen MR) is 138 cm³/mol. The Balaban J connectivity index is -0.000000250. The molecule has 4 rings (SSSR count). The van der Waals surface area contributed by atoms with Crippen LogP contribution in [0.3, 0.4) is 0 Å². The van der Waals surface area contributed by atoms with Crippen LogP contribution in [0.2, 0.25) is 0 Å². The number of hydrazine groups is 1. The van der Waals surface area contributed by atoms with Crippen molar-refractivity contribution in [2.45, 2.75) is 38.5 Å². The average molecular weight is 484 g/mol. The van der Waals surface area contributed by atoms with Crippen LogP contribution in [-0.4, -0.2) is 47.0 Å². The second-order valence-corrected chi connectivity index (χ2v) is 6.91. The van der Waals surface area contributed by atoms with Crippen LogP contribution in [0.5, 0.6) is 0 Å². The second kappa shape index (κ2) is 15.2. The Hall–Kier alpha value is -2.71. The van der Waals surface area contributed by atoms with Crippen LogP contribution >= 0.6 is 12.4 Å². The molecule has 0 spiro atoms. The summed E-state index contributed by atoms with van der Waals surface area (Å²) in [5.41, 5.74) is 5.41. The van der Waals surface area contributed by atoms with E-state index in [1.54, 1.807) is 12.1 Å². The van der Waals surface area contributed by atoms with Gasteiger partial charge in [-0.3, -0.25) is 15.6 Å². The van der Waals surface area contributed by atoms with Gasteiger partial charge >= 0.3 is 5.91 Å². The predicted octanol–water partition coefficient (Wildman–Crippen LogP) is 4.26. The number of furan rings is 1. The van der Waals surface area contributed by atoms with Crippen molar-refractivity contribution in [1.82, 2.24) is 45.0 Å². The molecule has 2 aromatic heterocycles. The number of rotatable bonds is 5. The molecule has 0 aromatic carbocycles. The van der Waals surface area contributed by atoms with E-state index >= 15 is 0 Å². The van der Waals surface area contributed by atoms with E-state index in [1.807, 2.05) is 0 Å². The number of carbonyl (C=O) groups is 1. The molecule has 0 unspecified atom stereocenters. The van der Waals surface area contributed by atoms with Gasteiger partial charge < -0.3 is 38.8 Å². The van der Waals surface area contributed by atoms with Crippen molar-refractivity contribution in [3.05, 3.63) is 24.2 Å². The molecule has 2 aromatic rings. The van der Waals surface area contributed by atoms with Gasteiger partial charge in [-0.15, -0.1) is 12.4 Å². The third kappa shape index (κ3) is 7.76. The summed E-state index contributed by atoms with van der Waals surface area (Å²) in [4.78, 5) is 30.2. The minimum Gasteiger partial charge on any atom is -0.459 e. The zero-order chi connectivity index (χ0) is 18.5. The molecule has 0 saturated carbocycles. The van der Waals surface area contributed by atoms with Crippen molar-refractivity contribution >= 4 is 36.2 Å². The number of carbonyl (C=O) groups excluding carboxylic acids is 1. The van der Waals surface area contributed by atoms with Crippen LogP contribution in [0, 0.1) is 0 Å². The van der Waals surface area contributed by atoms with Crippen LogP contribution in [0.4, 0.5) is 17.8 Å². The van der Waals surface area contributed by atoms with Crippen LogP contribution in [-0.2, 0) is 0 Å². The number of aromatic nitrogens is 3. The highest BCUT2D eigenvalue weighted by molar-refractivity contribution is 5.91. The SMILES string of the molecule is Cl.N.N.N.N.O=C(NNc1nc(N2CCCCC2)nc(N2CCCCC2)n1)c1ccco1.[HH].[HH].[HH].[HH]. The molecule has 0 radical (unpaired) electrons. The maximum atomic E-state index is 12.1. The minimum atomic E-state index is -0.376. The summed E-state index contributed by atoms with van der Waals surface area (Å²) >= 11 is 0. The molecule has 14 N–H and O–H groups in total. The summed E-state index contributed by atoms with van der Waals surface area (Å²) < 4.78 is 5.10. The van der Waals surface area contributed by atoms with Crippen molar-refractivity contribution in [3.63, 3.8) is 0 Å². The number of hydrogen-bond donors (Lipinski definition) is 6. The minimum absolute atomic E-state index is 0. The monoisotopic (exact) mass is 483 g/mol. The largest absolute Gasteiger partial charge is 0.459 e. The Labute approximate surface area is 200 Å². The number of nitrogens with one attached hydrogen (secondary N) is 2. The lowest BCUT2D eigenvalue weighted by Crippen LogP contribution is -2.36. The van der Waals surface area contributed by atoms with E-state index in [9.17, 15) is 4.79 Å². The fourth-order valence-corrected chi connectivity index (χ4v) is 3.46. The molecule has 32 heavy (non-hydrogen) atoms. The highest BCUT2D eigenvalue weighted by Crippen LogP contribution is 2.22. The topological polar surface area (TPSA) is 239 Å². The number of anilines is 3. The standard InChI is InChI=1S/C18H25N7O2.ClH.4H3N.4H2/c26-15(14-8-7-13-27-14)22-23-16-19-17(24-9-3-1-4-10-24)21-18(20-16)25-11-5-2-6-12-25;;;;;;;;;/h7-8,13H,1-6,9-12H2,(H,22,26)(H,19,20,21,23);1H;4*1H3;4*1H. The Morgan fingerprint density at radius 1 is 0.844 bits per heavy atom. The van der Waals surface area contributed by atoms with E-state index in [-0.39, 0.29) is 54.4 Å². The third-order valence-electron chi connectivity index (χ3n) is 4.92. The van der Waals surface area contributed by atoms with E-state index in [2.05, 4.69) is 30.6 Å². The van der Waals surface area contributed by atoms with Gasteiger partial charge in [0, 0.05) is 31.9 Å². The van der Waals surface area contributed by atoms with Gasteiger partial charge in [-0.05, 0) is 50.7 Å². The Morgan fingerprint density at radius 2 is 1.34 bits per heavy atom. The Morgan fingerprint density at radius 3 is 1.78 bits per heavy atom.